The van der Waals surface area contributed by atoms with Gasteiger partial charge in [-0.1, -0.05) is 19.0 Å². The van der Waals surface area contributed by atoms with Crippen LogP contribution in [0, 0.1) is 11.3 Å². The second-order valence-corrected chi connectivity index (χ2v) is 7.38. The van der Waals surface area contributed by atoms with Gasteiger partial charge in [0.15, 0.2) is 0 Å². The van der Waals surface area contributed by atoms with Gasteiger partial charge in [-0.05, 0) is 37.3 Å². The Morgan fingerprint density at radius 3 is 2.69 bits per heavy atom. The fourth-order valence-corrected chi connectivity index (χ4v) is 3.11. The predicted octanol–water partition coefficient (Wildman–Crippen LogP) is 3.76. The van der Waals surface area contributed by atoms with Crippen LogP contribution in [0.3, 0.4) is 0 Å². The number of halogens is 3. The van der Waals surface area contributed by atoms with Crippen LogP contribution in [0.4, 0.5) is 13.2 Å². The van der Waals surface area contributed by atoms with Crippen LogP contribution in [0.2, 0.25) is 0 Å². The molecule has 1 atom stereocenters. The average Bonchev–Trinajstić information content (AvgIpc) is 3.02. The maximum Gasteiger partial charge on any atom is 0.433 e. The third-order valence-corrected chi connectivity index (χ3v) is 4.45. The van der Waals surface area contributed by atoms with Crippen LogP contribution in [0.5, 0.6) is 0 Å². The Morgan fingerprint density at radius 2 is 2.08 bits per heavy atom. The highest BCUT2D eigenvalue weighted by Gasteiger charge is 2.40. The molecule has 6 nitrogen and oxygen atoms in total. The number of rotatable bonds is 4. The van der Waals surface area contributed by atoms with Crippen molar-refractivity contribution in [1.82, 2.24) is 20.4 Å². The van der Waals surface area contributed by atoms with Gasteiger partial charge in [0, 0.05) is 17.7 Å². The van der Waals surface area contributed by atoms with Gasteiger partial charge in [0.1, 0.15) is 11.7 Å². The topological polar surface area (TPSA) is 80.9 Å². The van der Waals surface area contributed by atoms with E-state index in [1.54, 1.807) is 6.92 Å². The summed E-state index contributed by atoms with van der Waals surface area (Å²) < 4.78 is 43.4. The molecule has 0 bridgehead atoms. The van der Waals surface area contributed by atoms with E-state index in [-0.39, 0.29) is 34.5 Å². The van der Waals surface area contributed by atoms with Crippen molar-refractivity contribution in [2.45, 2.75) is 45.8 Å². The molecule has 1 fully saturated rings. The highest BCUT2D eigenvalue weighted by molar-refractivity contribution is 5.80. The van der Waals surface area contributed by atoms with E-state index < -0.39 is 17.9 Å². The van der Waals surface area contributed by atoms with Crippen LogP contribution in [0.25, 0.3) is 11.4 Å². The Labute approximate surface area is 148 Å². The summed E-state index contributed by atoms with van der Waals surface area (Å²) in [6.07, 6.45) is -1.88. The first-order chi connectivity index (χ1) is 12.0. The molecule has 1 saturated carbocycles. The van der Waals surface area contributed by atoms with Gasteiger partial charge < -0.3 is 9.84 Å². The molecule has 3 rings (SSSR count). The lowest BCUT2D eigenvalue weighted by Crippen LogP contribution is -2.43. The molecule has 2 aromatic heterocycles. The Morgan fingerprint density at radius 1 is 1.38 bits per heavy atom. The number of pyridine rings is 1. The first-order valence-electron chi connectivity index (χ1n) is 8.23. The van der Waals surface area contributed by atoms with E-state index in [0.29, 0.717) is 0 Å². The fourth-order valence-electron chi connectivity index (χ4n) is 3.11. The van der Waals surface area contributed by atoms with E-state index in [4.69, 9.17) is 4.52 Å². The van der Waals surface area contributed by atoms with Gasteiger partial charge in [0.25, 0.3) is 0 Å². The highest BCUT2D eigenvalue weighted by Crippen LogP contribution is 2.44. The van der Waals surface area contributed by atoms with Crippen LogP contribution in [-0.4, -0.2) is 21.0 Å². The lowest BCUT2D eigenvalue weighted by atomic mass is 9.64. The molecule has 140 valence electrons. The Bertz CT molecular complexity index is 808. The minimum absolute atomic E-state index is 0.0128. The molecule has 1 amide bonds. The summed E-state index contributed by atoms with van der Waals surface area (Å²) in [5.74, 6) is 0.0281. The Balaban J connectivity index is 1.69. The largest absolute Gasteiger partial charge is 0.433 e. The zero-order valence-corrected chi connectivity index (χ0v) is 14.6. The Kier molecular flexibility index (Phi) is 4.49. The third-order valence-electron chi connectivity index (χ3n) is 4.45. The quantitative estimate of drug-likeness (QED) is 0.889. The van der Waals surface area contributed by atoms with Crippen molar-refractivity contribution in [2.75, 3.05) is 0 Å². The maximum atomic E-state index is 12.8. The summed E-state index contributed by atoms with van der Waals surface area (Å²) in [6, 6.07) is 1.69. The lowest BCUT2D eigenvalue weighted by molar-refractivity contribution is -0.141. The second kappa shape index (κ2) is 6.37. The first kappa shape index (κ1) is 18.3. The maximum absolute atomic E-state index is 12.8. The number of aromatic nitrogens is 3. The molecule has 1 aliphatic rings. The van der Waals surface area contributed by atoms with Crippen LogP contribution in [-0.2, 0) is 11.0 Å². The molecule has 26 heavy (non-hydrogen) atoms. The predicted molar refractivity (Wildman–Crippen MR) is 85.6 cm³/mol. The molecule has 0 radical (unpaired) electrons. The number of nitrogens with one attached hydrogen (secondary N) is 1. The number of carbonyl (C=O) groups is 1. The summed E-state index contributed by atoms with van der Waals surface area (Å²) in [4.78, 5) is 19.6. The highest BCUT2D eigenvalue weighted by atomic mass is 19.4. The van der Waals surface area contributed by atoms with Crippen LogP contribution in [0.1, 0.15) is 51.2 Å². The molecule has 0 spiro atoms. The summed E-state index contributed by atoms with van der Waals surface area (Å²) in [7, 11) is 0. The molecular weight excluding hydrogens is 349 g/mol. The average molecular weight is 368 g/mol. The van der Waals surface area contributed by atoms with Gasteiger partial charge in [0.05, 0.1) is 0 Å². The van der Waals surface area contributed by atoms with Crippen LogP contribution in [0.15, 0.2) is 22.9 Å². The zero-order valence-electron chi connectivity index (χ0n) is 14.6. The zero-order chi connectivity index (χ0) is 19.1. The SMILES string of the molecule is CC(NC(=O)C1CC(C)(C)C1)c1nc(-c2ccnc(C(F)(F)F)c2)no1. The molecular formula is C17H19F3N4O2. The summed E-state index contributed by atoms with van der Waals surface area (Å²) in [5.41, 5.74) is -0.711. The van der Waals surface area contributed by atoms with Gasteiger partial charge in [0.2, 0.25) is 17.6 Å². The van der Waals surface area contributed by atoms with Crippen molar-refractivity contribution < 1.29 is 22.5 Å². The van der Waals surface area contributed by atoms with Crippen molar-refractivity contribution in [1.29, 1.82) is 0 Å². The Hall–Kier alpha value is -2.45. The van der Waals surface area contributed by atoms with Gasteiger partial charge in [-0.25, -0.2) is 0 Å². The van der Waals surface area contributed by atoms with Crippen molar-refractivity contribution in [3.63, 3.8) is 0 Å². The minimum atomic E-state index is -4.56. The number of nitrogens with zero attached hydrogens (tertiary/aromatic N) is 3. The summed E-state index contributed by atoms with van der Waals surface area (Å²) in [5, 5.41) is 6.52. The van der Waals surface area contributed by atoms with E-state index >= 15 is 0 Å². The van der Waals surface area contributed by atoms with Gasteiger partial charge in [-0.2, -0.15) is 18.2 Å². The van der Waals surface area contributed by atoms with Crippen LogP contribution < -0.4 is 5.32 Å². The molecule has 0 saturated heterocycles. The van der Waals surface area contributed by atoms with E-state index in [1.165, 1.54) is 6.07 Å². The number of alkyl halides is 3. The van der Waals surface area contributed by atoms with E-state index in [9.17, 15) is 18.0 Å². The van der Waals surface area contributed by atoms with E-state index in [2.05, 4.69) is 34.3 Å². The molecule has 2 heterocycles. The van der Waals surface area contributed by atoms with Crippen LogP contribution >= 0.6 is 0 Å². The van der Waals surface area contributed by atoms with Crippen molar-refractivity contribution in [3.05, 3.63) is 29.9 Å². The first-order valence-corrected chi connectivity index (χ1v) is 8.23. The summed E-state index contributed by atoms with van der Waals surface area (Å²) in [6.45, 7) is 5.90. The van der Waals surface area contributed by atoms with E-state index in [0.717, 1.165) is 25.1 Å². The van der Waals surface area contributed by atoms with Gasteiger partial charge in [-0.3, -0.25) is 9.78 Å². The molecule has 0 aromatic carbocycles. The summed E-state index contributed by atoms with van der Waals surface area (Å²) >= 11 is 0. The smallest absolute Gasteiger partial charge is 0.344 e. The normalized spacial score (nSPS) is 18.2. The molecule has 0 aliphatic heterocycles. The third kappa shape index (κ3) is 3.86. The standard InChI is InChI=1S/C17H19F3N4O2/c1-9(22-14(25)11-7-16(2,3)8-11)15-23-13(24-26-15)10-4-5-21-12(6-10)17(18,19)20/h4-6,9,11H,7-8H2,1-3H3,(H,22,25). The monoisotopic (exact) mass is 368 g/mol. The minimum Gasteiger partial charge on any atom is -0.344 e. The number of carbonyl (C=O) groups excluding carboxylic acids is 1. The van der Waals surface area contributed by atoms with Crippen molar-refractivity contribution in [2.24, 2.45) is 11.3 Å². The number of hydrogen-bond donors (Lipinski definition) is 1. The van der Waals surface area contributed by atoms with Gasteiger partial charge in [-0.15, -0.1) is 0 Å². The number of hydrogen-bond acceptors (Lipinski definition) is 5. The molecule has 9 heteroatoms. The molecule has 1 N–H and O–H groups in total. The lowest BCUT2D eigenvalue weighted by Gasteiger charge is -2.41. The molecule has 1 aliphatic carbocycles. The van der Waals surface area contributed by atoms with Gasteiger partial charge >= 0.3 is 6.18 Å². The van der Waals surface area contributed by atoms with E-state index in [1.807, 2.05) is 0 Å². The second-order valence-electron chi connectivity index (χ2n) is 7.38. The fraction of sp³-hybridized carbons (Fsp3) is 0.529. The van der Waals surface area contributed by atoms with Crippen molar-refractivity contribution >= 4 is 5.91 Å². The number of amides is 1. The van der Waals surface area contributed by atoms with Crippen molar-refractivity contribution in [3.8, 4) is 11.4 Å². The molecule has 1 unspecified atom stereocenters. The molecule has 2 aromatic rings.